The molecule has 2 amide bonds. The third kappa shape index (κ3) is 8.63. The highest BCUT2D eigenvalue weighted by Gasteiger charge is 2.33. The van der Waals surface area contributed by atoms with Crippen molar-refractivity contribution in [3.05, 3.63) is 99.3 Å². The van der Waals surface area contributed by atoms with Gasteiger partial charge in [-0.2, -0.15) is 13.2 Å². The van der Waals surface area contributed by atoms with Gasteiger partial charge in [0.1, 0.15) is 11.9 Å². The molecule has 0 radical (unpaired) electrons. The fraction of sp³-hybridized carbons (Fsp3) is 0.214. The van der Waals surface area contributed by atoms with E-state index < -0.39 is 29.2 Å². The van der Waals surface area contributed by atoms with Crippen LogP contribution in [0.5, 0.6) is 0 Å². The van der Waals surface area contributed by atoms with Crippen LogP contribution < -0.4 is 16.0 Å². The van der Waals surface area contributed by atoms with Crippen molar-refractivity contribution < 1.29 is 31.9 Å². The zero-order valence-corrected chi connectivity index (χ0v) is 22.9. The summed E-state index contributed by atoms with van der Waals surface area (Å²) in [7, 11) is 3.14. The molecule has 0 aliphatic heterocycles. The number of rotatable bonds is 8. The number of benzene rings is 3. The summed E-state index contributed by atoms with van der Waals surface area (Å²) >= 11 is 5.40. The molecular formula is C28H29ClF4N4O3. The molecule has 3 aromatic rings. The summed E-state index contributed by atoms with van der Waals surface area (Å²) in [6.07, 6.45) is -3.99. The number of halogens is 5. The number of likely N-dealkylation sites (N-methyl/N-ethyl adjacent to an activating group) is 1. The summed E-state index contributed by atoms with van der Waals surface area (Å²) in [4.78, 5) is 33.0. The Hall–Kier alpha value is -4.25. The van der Waals surface area contributed by atoms with E-state index in [-0.39, 0.29) is 28.5 Å². The minimum atomic E-state index is -4.54. The Morgan fingerprint density at radius 3 is 2.12 bits per heavy atom. The largest absolute Gasteiger partial charge is 0.417 e. The van der Waals surface area contributed by atoms with Crippen LogP contribution in [0.3, 0.4) is 0 Å². The van der Waals surface area contributed by atoms with Crippen molar-refractivity contribution in [2.75, 3.05) is 19.4 Å². The van der Waals surface area contributed by atoms with Gasteiger partial charge in [0.25, 0.3) is 0 Å². The molecule has 0 bridgehead atoms. The Bertz CT molecular complexity index is 1330. The SMILES string of the molecule is CC.CNC(=O)C(NC=O)c1ccc(C(=N)c2ccccc2F)c(NC)c1.O=Cc1c(Cl)cccc1C(F)(F)F. The van der Waals surface area contributed by atoms with Gasteiger partial charge in [0.05, 0.1) is 16.3 Å². The Morgan fingerprint density at radius 1 is 0.975 bits per heavy atom. The van der Waals surface area contributed by atoms with E-state index in [1.54, 1.807) is 37.4 Å². The van der Waals surface area contributed by atoms with Gasteiger partial charge in [0.2, 0.25) is 12.3 Å². The summed E-state index contributed by atoms with van der Waals surface area (Å²) in [6.45, 7) is 4.00. The highest BCUT2D eigenvalue weighted by atomic mass is 35.5. The molecule has 0 saturated carbocycles. The van der Waals surface area contributed by atoms with Gasteiger partial charge in [-0.3, -0.25) is 19.8 Å². The first-order valence-corrected chi connectivity index (χ1v) is 12.3. The van der Waals surface area contributed by atoms with Crippen LogP contribution in [0.25, 0.3) is 0 Å². The molecule has 12 heteroatoms. The second-order valence-electron chi connectivity index (χ2n) is 7.56. The van der Waals surface area contributed by atoms with Gasteiger partial charge >= 0.3 is 6.18 Å². The smallest absolute Gasteiger partial charge is 0.388 e. The average Bonchev–Trinajstić information content (AvgIpc) is 2.96. The van der Waals surface area contributed by atoms with Crippen LogP contribution in [0, 0.1) is 11.2 Å². The fourth-order valence-electron chi connectivity index (χ4n) is 3.41. The molecule has 0 fully saturated rings. The third-order valence-electron chi connectivity index (χ3n) is 5.28. The Labute approximate surface area is 234 Å². The molecule has 0 saturated heterocycles. The van der Waals surface area contributed by atoms with Crippen molar-refractivity contribution in [1.82, 2.24) is 10.6 Å². The number of alkyl halides is 3. The van der Waals surface area contributed by atoms with Crippen molar-refractivity contribution in [2.45, 2.75) is 26.1 Å². The molecule has 7 nitrogen and oxygen atoms in total. The third-order valence-corrected chi connectivity index (χ3v) is 5.61. The summed E-state index contributed by atoms with van der Waals surface area (Å²) in [5.74, 6) is -0.851. The maximum absolute atomic E-state index is 14.0. The summed E-state index contributed by atoms with van der Waals surface area (Å²) in [5.41, 5.74) is 0.257. The topological polar surface area (TPSA) is 111 Å². The van der Waals surface area contributed by atoms with Gasteiger partial charge in [-0.15, -0.1) is 0 Å². The minimum absolute atomic E-state index is 0.0221. The lowest BCUT2D eigenvalue weighted by atomic mass is 9.96. The summed E-state index contributed by atoms with van der Waals surface area (Å²) < 4.78 is 50.6. The average molecular weight is 581 g/mol. The van der Waals surface area contributed by atoms with Gasteiger partial charge in [-0.25, -0.2) is 4.39 Å². The van der Waals surface area contributed by atoms with Crippen LogP contribution in [-0.4, -0.2) is 38.4 Å². The molecular weight excluding hydrogens is 552 g/mol. The van der Waals surface area contributed by atoms with Crippen LogP contribution >= 0.6 is 11.6 Å². The summed E-state index contributed by atoms with van der Waals surface area (Å²) in [6, 6.07) is 13.3. The zero-order chi connectivity index (χ0) is 30.5. The molecule has 3 rings (SSSR count). The molecule has 0 spiro atoms. The molecule has 0 heterocycles. The predicted molar refractivity (Wildman–Crippen MR) is 148 cm³/mol. The van der Waals surface area contributed by atoms with Crippen molar-refractivity contribution in [3.8, 4) is 0 Å². The van der Waals surface area contributed by atoms with E-state index >= 15 is 0 Å². The number of amides is 2. The van der Waals surface area contributed by atoms with Crippen LogP contribution in [0.15, 0.2) is 60.7 Å². The van der Waals surface area contributed by atoms with E-state index in [2.05, 4.69) is 16.0 Å². The minimum Gasteiger partial charge on any atom is -0.388 e. The van der Waals surface area contributed by atoms with E-state index in [0.717, 1.165) is 12.1 Å². The molecule has 0 aliphatic carbocycles. The lowest BCUT2D eigenvalue weighted by Crippen LogP contribution is -2.35. The van der Waals surface area contributed by atoms with Crippen LogP contribution in [-0.2, 0) is 15.8 Å². The van der Waals surface area contributed by atoms with E-state index in [0.29, 0.717) is 23.2 Å². The highest BCUT2D eigenvalue weighted by molar-refractivity contribution is 6.33. The predicted octanol–water partition coefficient (Wildman–Crippen LogP) is 6.01. The maximum Gasteiger partial charge on any atom is 0.417 e. The van der Waals surface area contributed by atoms with Crippen molar-refractivity contribution in [2.24, 2.45) is 0 Å². The lowest BCUT2D eigenvalue weighted by molar-refractivity contribution is -0.137. The number of hydrogen-bond acceptors (Lipinski definition) is 5. The molecule has 3 aromatic carbocycles. The second-order valence-corrected chi connectivity index (χ2v) is 7.97. The normalized spacial score (nSPS) is 10.9. The van der Waals surface area contributed by atoms with Crippen LogP contribution in [0.4, 0.5) is 23.2 Å². The lowest BCUT2D eigenvalue weighted by Gasteiger charge is -2.18. The Balaban J connectivity index is 0.000000448. The molecule has 40 heavy (non-hydrogen) atoms. The number of carbonyl (C=O) groups excluding carboxylic acids is 3. The quantitative estimate of drug-likeness (QED) is 0.148. The molecule has 0 aliphatic rings. The van der Waals surface area contributed by atoms with Gasteiger partial charge < -0.3 is 16.0 Å². The van der Waals surface area contributed by atoms with Crippen LogP contribution in [0.2, 0.25) is 5.02 Å². The van der Waals surface area contributed by atoms with Crippen molar-refractivity contribution in [1.29, 1.82) is 5.41 Å². The van der Waals surface area contributed by atoms with E-state index in [4.69, 9.17) is 17.0 Å². The van der Waals surface area contributed by atoms with Crippen molar-refractivity contribution in [3.63, 3.8) is 0 Å². The van der Waals surface area contributed by atoms with Gasteiger partial charge in [0.15, 0.2) is 6.29 Å². The highest BCUT2D eigenvalue weighted by Crippen LogP contribution is 2.33. The van der Waals surface area contributed by atoms with E-state index in [9.17, 15) is 31.9 Å². The number of hydrogen-bond donors (Lipinski definition) is 4. The zero-order valence-electron chi connectivity index (χ0n) is 22.1. The first-order chi connectivity index (χ1) is 19.0. The monoisotopic (exact) mass is 580 g/mol. The van der Waals surface area contributed by atoms with Crippen LogP contribution in [0.1, 0.15) is 52.5 Å². The first kappa shape index (κ1) is 33.8. The molecule has 4 N–H and O–H groups in total. The summed E-state index contributed by atoms with van der Waals surface area (Å²) in [5, 5.41) is 16.0. The Morgan fingerprint density at radius 2 is 1.62 bits per heavy atom. The standard InChI is InChI=1S/C18H19FN4O2.C8H4ClF3O.C2H6/c1-21-15-9-11(17(23-10-24)18(25)22-2)7-8-13(15)16(20)12-5-3-4-6-14(12)19;9-7-3-1-2-6(5(7)4-13)8(10,11)12;1-2/h3-10,17,20-21H,1-2H3,(H,22,25)(H,23,24);1-4H;1-2H3. The number of anilines is 1. The van der Waals surface area contributed by atoms with Gasteiger partial charge in [0, 0.05) is 36.5 Å². The Kier molecular flexibility index (Phi) is 13.5. The first-order valence-electron chi connectivity index (χ1n) is 11.9. The number of nitrogens with one attached hydrogen (secondary N) is 4. The molecule has 1 unspecified atom stereocenters. The molecule has 1 atom stereocenters. The fourth-order valence-corrected chi connectivity index (χ4v) is 3.63. The number of carbonyl (C=O) groups is 3. The maximum atomic E-state index is 14.0. The molecule has 0 aromatic heterocycles. The van der Waals surface area contributed by atoms with Gasteiger partial charge in [-0.1, -0.05) is 55.8 Å². The van der Waals surface area contributed by atoms with Gasteiger partial charge in [-0.05, 0) is 35.9 Å². The number of aldehydes is 1. The van der Waals surface area contributed by atoms with Crippen molar-refractivity contribution >= 4 is 41.6 Å². The molecule has 214 valence electrons. The van der Waals surface area contributed by atoms with E-state index in [1.807, 2.05) is 13.8 Å². The second kappa shape index (κ2) is 16.0. The van der Waals surface area contributed by atoms with E-state index in [1.165, 1.54) is 25.2 Å².